The highest BCUT2D eigenvalue weighted by Gasteiger charge is 2.04. The monoisotopic (exact) mass is 261 g/mol. The van der Waals surface area contributed by atoms with E-state index in [1.807, 2.05) is 6.07 Å². The molecule has 2 rings (SSSR count). The van der Waals surface area contributed by atoms with Gasteiger partial charge in [0, 0.05) is 16.3 Å². The highest BCUT2D eigenvalue weighted by Crippen LogP contribution is 2.31. The molecule has 3 heteroatoms. The van der Waals surface area contributed by atoms with Crippen molar-refractivity contribution in [3.8, 4) is 0 Å². The first-order valence-electron chi connectivity index (χ1n) is 5.83. The van der Waals surface area contributed by atoms with Crippen LogP contribution in [0.25, 0.3) is 0 Å². The van der Waals surface area contributed by atoms with Crippen LogP contribution in [0.15, 0.2) is 46.2 Å². The first-order valence-corrected chi connectivity index (χ1v) is 6.65. The van der Waals surface area contributed by atoms with Crippen molar-refractivity contribution >= 4 is 11.8 Å². The van der Waals surface area contributed by atoms with E-state index in [1.54, 1.807) is 17.8 Å². The molecule has 0 unspecified atom stereocenters. The Morgan fingerprint density at radius 1 is 1.11 bits per heavy atom. The van der Waals surface area contributed by atoms with Gasteiger partial charge in [-0.3, -0.25) is 0 Å². The van der Waals surface area contributed by atoms with E-state index < -0.39 is 0 Å². The minimum absolute atomic E-state index is 0.231. The molecular weight excluding hydrogens is 245 g/mol. The lowest BCUT2D eigenvalue weighted by Gasteiger charge is -2.08. The lowest BCUT2D eigenvalue weighted by Crippen LogP contribution is -1.97. The quantitative estimate of drug-likeness (QED) is 0.902. The molecule has 0 saturated carbocycles. The van der Waals surface area contributed by atoms with Crippen LogP contribution in [0.4, 0.5) is 4.39 Å². The van der Waals surface area contributed by atoms with Crippen molar-refractivity contribution in [1.29, 1.82) is 0 Å². The van der Waals surface area contributed by atoms with Gasteiger partial charge in [-0.15, -0.1) is 0 Å². The lowest BCUT2D eigenvalue weighted by atomic mass is 10.2. The Kier molecular flexibility index (Phi) is 4.04. The molecule has 0 aliphatic heterocycles. The van der Waals surface area contributed by atoms with Gasteiger partial charge in [0.1, 0.15) is 5.82 Å². The Balaban J connectivity index is 2.30. The van der Waals surface area contributed by atoms with Crippen molar-refractivity contribution in [2.45, 2.75) is 30.2 Å². The molecule has 94 valence electrons. The van der Waals surface area contributed by atoms with Crippen molar-refractivity contribution in [3.63, 3.8) is 0 Å². The van der Waals surface area contributed by atoms with Gasteiger partial charge in [-0.05, 0) is 49.2 Å². The number of aryl methyl sites for hydroxylation is 2. The standard InChI is InChI=1S/C15H16FNS/c1-10-3-4-15(11(2)5-10)18-14-7-12(9-17)6-13(16)8-14/h3-8H,9,17H2,1-2H3. The van der Waals surface area contributed by atoms with Crippen molar-refractivity contribution in [2.24, 2.45) is 5.73 Å². The summed E-state index contributed by atoms with van der Waals surface area (Å²) in [4.78, 5) is 2.04. The zero-order valence-electron chi connectivity index (χ0n) is 10.5. The van der Waals surface area contributed by atoms with E-state index in [1.165, 1.54) is 17.2 Å². The minimum atomic E-state index is -0.231. The van der Waals surface area contributed by atoms with Gasteiger partial charge in [-0.2, -0.15) is 0 Å². The van der Waals surface area contributed by atoms with E-state index in [4.69, 9.17) is 5.73 Å². The van der Waals surface area contributed by atoms with Crippen LogP contribution >= 0.6 is 11.8 Å². The summed E-state index contributed by atoms with van der Waals surface area (Å²) in [6.45, 7) is 4.49. The molecule has 0 saturated heterocycles. The van der Waals surface area contributed by atoms with Crippen molar-refractivity contribution in [1.82, 2.24) is 0 Å². The summed E-state index contributed by atoms with van der Waals surface area (Å²) in [7, 11) is 0. The predicted molar refractivity (Wildman–Crippen MR) is 74.3 cm³/mol. The van der Waals surface area contributed by atoms with E-state index in [0.29, 0.717) is 6.54 Å². The number of benzene rings is 2. The summed E-state index contributed by atoms with van der Waals surface area (Å²) >= 11 is 1.57. The summed E-state index contributed by atoms with van der Waals surface area (Å²) < 4.78 is 13.4. The molecule has 0 amide bonds. The van der Waals surface area contributed by atoms with Crippen molar-refractivity contribution in [3.05, 3.63) is 58.9 Å². The Bertz CT molecular complexity index is 566. The van der Waals surface area contributed by atoms with E-state index in [2.05, 4.69) is 32.0 Å². The third-order valence-corrected chi connectivity index (χ3v) is 3.87. The Morgan fingerprint density at radius 3 is 2.56 bits per heavy atom. The van der Waals surface area contributed by atoms with Gasteiger partial charge in [0.05, 0.1) is 0 Å². The van der Waals surface area contributed by atoms with Gasteiger partial charge in [0.2, 0.25) is 0 Å². The first-order chi connectivity index (χ1) is 8.58. The second-order valence-corrected chi connectivity index (χ2v) is 5.49. The molecule has 0 radical (unpaired) electrons. The molecule has 2 aromatic carbocycles. The Hall–Kier alpha value is -1.32. The minimum Gasteiger partial charge on any atom is -0.326 e. The molecule has 0 aliphatic rings. The predicted octanol–water partition coefficient (Wildman–Crippen LogP) is 4.05. The average Bonchev–Trinajstić information content (AvgIpc) is 2.32. The van der Waals surface area contributed by atoms with Gasteiger partial charge in [-0.1, -0.05) is 29.5 Å². The maximum atomic E-state index is 13.4. The second-order valence-electron chi connectivity index (χ2n) is 4.37. The highest BCUT2D eigenvalue weighted by atomic mass is 32.2. The van der Waals surface area contributed by atoms with Crippen LogP contribution in [0.2, 0.25) is 0 Å². The van der Waals surface area contributed by atoms with Gasteiger partial charge in [0.25, 0.3) is 0 Å². The van der Waals surface area contributed by atoms with Crippen LogP contribution in [0.5, 0.6) is 0 Å². The average molecular weight is 261 g/mol. The number of halogens is 1. The van der Waals surface area contributed by atoms with E-state index in [9.17, 15) is 4.39 Å². The molecule has 0 atom stereocenters. The molecular formula is C15H16FNS. The molecule has 2 N–H and O–H groups in total. The zero-order chi connectivity index (χ0) is 13.1. The largest absolute Gasteiger partial charge is 0.326 e. The maximum Gasteiger partial charge on any atom is 0.124 e. The molecule has 2 aromatic rings. The van der Waals surface area contributed by atoms with E-state index in [-0.39, 0.29) is 5.82 Å². The highest BCUT2D eigenvalue weighted by molar-refractivity contribution is 7.99. The fourth-order valence-electron chi connectivity index (χ4n) is 1.84. The van der Waals surface area contributed by atoms with Crippen LogP contribution in [-0.4, -0.2) is 0 Å². The fraction of sp³-hybridized carbons (Fsp3) is 0.200. The SMILES string of the molecule is Cc1ccc(Sc2cc(F)cc(CN)c2)c(C)c1. The number of hydrogen-bond donors (Lipinski definition) is 1. The van der Waals surface area contributed by atoms with E-state index in [0.717, 1.165) is 15.4 Å². The van der Waals surface area contributed by atoms with Crippen molar-refractivity contribution < 1.29 is 4.39 Å². The van der Waals surface area contributed by atoms with Crippen LogP contribution in [0.3, 0.4) is 0 Å². The van der Waals surface area contributed by atoms with Crippen LogP contribution in [-0.2, 0) is 6.54 Å². The van der Waals surface area contributed by atoms with Gasteiger partial charge in [-0.25, -0.2) is 4.39 Å². The van der Waals surface area contributed by atoms with Gasteiger partial charge in [0.15, 0.2) is 0 Å². The Labute approximate surface area is 111 Å². The Morgan fingerprint density at radius 2 is 1.89 bits per heavy atom. The van der Waals surface area contributed by atoms with E-state index >= 15 is 0 Å². The summed E-state index contributed by atoms with van der Waals surface area (Å²) in [5, 5.41) is 0. The summed E-state index contributed by atoms with van der Waals surface area (Å²) in [6.07, 6.45) is 0. The molecule has 0 aliphatic carbocycles. The van der Waals surface area contributed by atoms with Crippen LogP contribution in [0.1, 0.15) is 16.7 Å². The maximum absolute atomic E-state index is 13.4. The smallest absolute Gasteiger partial charge is 0.124 e. The van der Waals surface area contributed by atoms with Crippen LogP contribution in [0, 0.1) is 19.7 Å². The molecule has 0 heterocycles. The molecule has 1 nitrogen and oxygen atoms in total. The summed E-state index contributed by atoms with van der Waals surface area (Å²) in [5.74, 6) is -0.231. The zero-order valence-corrected chi connectivity index (χ0v) is 11.4. The molecule has 0 spiro atoms. The summed E-state index contributed by atoms with van der Waals surface area (Å²) in [6, 6.07) is 11.2. The van der Waals surface area contributed by atoms with Crippen molar-refractivity contribution in [2.75, 3.05) is 0 Å². The molecule has 18 heavy (non-hydrogen) atoms. The number of rotatable bonds is 3. The lowest BCUT2D eigenvalue weighted by molar-refractivity contribution is 0.621. The number of nitrogens with two attached hydrogens (primary N) is 1. The molecule has 0 aromatic heterocycles. The first kappa shape index (κ1) is 13.1. The second kappa shape index (κ2) is 5.55. The number of hydrogen-bond acceptors (Lipinski definition) is 2. The third kappa shape index (κ3) is 3.12. The topological polar surface area (TPSA) is 26.0 Å². The third-order valence-electron chi connectivity index (χ3n) is 2.73. The fourth-order valence-corrected chi connectivity index (χ4v) is 2.83. The summed E-state index contributed by atoms with van der Waals surface area (Å²) in [5.41, 5.74) is 8.82. The van der Waals surface area contributed by atoms with Crippen LogP contribution < -0.4 is 5.73 Å². The molecule has 0 fully saturated rings. The van der Waals surface area contributed by atoms with Gasteiger partial charge < -0.3 is 5.73 Å². The normalized spacial score (nSPS) is 10.7. The molecule has 0 bridgehead atoms. The van der Waals surface area contributed by atoms with Gasteiger partial charge >= 0.3 is 0 Å².